The lowest BCUT2D eigenvalue weighted by Gasteiger charge is -2.32. The van der Waals surface area contributed by atoms with Crippen molar-refractivity contribution in [2.75, 3.05) is 12.0 Å². The van der Waals surface area contributed by atoms with Crippen LogP contribution in [0.4, 0.5) is 5.69 Å². The normalized spacial score (nSPS) is 14.3. The average Bonchev–Trinajstić information content (AvgIpc) is 3.57. The van der Waals surface area contributed by atoms with E-state index in [-0.39, 0.29) is 30.1 Å². The van der Waals surface area contributed by atoms with Gasteiger partial charge < -0.3 is 10.1 Å². The molecule has 1 saturated carbocycles. The van der Waals surface area contributed by atoms with E-state index in [1.165, 1.54) is 23.2 Å². The molecule has 0 radical (unpaired) electrons. The van der Waals surface area contributed by atoms with Crippen molar-refractivity contribution in [2.45, 2.75) is 51.1 Å². The molecule has 0 spiro atoms. The maximum Gasteiger partial charge on any atom is 0.248 e. The summed E-state index contributed by atoms with van der Waals surface area (Å²) in [6.45, 7) is 1.49. The van der Waals surface area contributed by atoms with E-state index in [4.69, 9.17) is 4.74 Å². The summed E-state index contributed by atoms with van der Waals surface area (Å²) in [5.74, 6) is 0.0376. The number of ether oxygens (including phenoxy) is 1. The molecule has 1 aliphatic carbocycles. The van der Waals surface area contributed by atoms with Crippen LogP contribution in [0.15, 0.2) is 66.0 Å². The van der Waals surface area contributed by atoms with Crippen LogP contribution in [0.25, 0.3) is 0 Å². The lowest BCUT2D eigenvalue weighted by atomic mass is 10.0. The summed E-state index contributed by atoms with van der Waals surface area (Å²) in [7, 11) is 1.57. The molecule has 4 rings (SSSR count). The fourth-order valence-corrected chi connectivity index (χ4v) is 5.23. The maximum absolute atomic E-state index is 13.8. The molecule has 0 saturated heterocycles. The standard InChI is InChI=1S/C28H30N2O4S/c1-19(31)20-8-5-12-23(16-20)30(26(32)18-25-14-7-15-35-25)27(21-9-6-13-24(17-21)34-2)28(33)29-22-10-3-4-11-22/h5-9,12-17,22,27H,3-4,10-11,18H2,1-2H3,(H,29,33)/t27-/m1/s1. The fraction of sp³-hybridized carbons (Fsp3) is 0.321. The van der Waals surface area contributed by atoms with Crippen molar-refractivity contribution >= 4 is 34.6 Å². The Labute approximate surface area is 209 Å². The van der Waals surface area contributed by atoms with E-state index < -0.39 is 6.04 Å². The average molecular weight is 491 g/mol. The van der Waals surface area contributed by atoms with Gasteiger partial charge in [-0.2, -0.15) is 0 Å². The number of nitrogens with zero attached hydrogens (tertiary/aromatic N) is 1. The van der Waals surface area contributed by atoms with Crippen LogP contribution in [0.3, 0.4) is 0 Å². The SMILES string of the molecule is COc1cccc([C@H](C(=O)NC2CCCC2)N(C(=O)Cc2cccs2)c2cccc(C(C)=O)c2)c1. The molecular weight excluding hydrogens is 460 g/mol. The minimum atomic E-state index is -0.916. The first kappa shape index (κ1) is 24.7. The minimum absolute atomic E-state index is 0.0911. The topological polar surface area (TPSA) is 75.7 Å². The van der Waals surface area contributed by atoms with Crippen LogP contribution in [-0.4, -0.2) is 30.7 Å². The Balaban J connectivity index is 1.81. The molecule has 1 aliphatic rings. The summed E-state index contributed by atoms with van der Waals surface area (Å²) in [5.41, 5.74) is 1.64. The molecule has 1 aromatic heterocycles. The Bertz CT molecular complexity index is 1190. The summed E-state index contributed by atoms with van der Waals surface area (Å²) in [6, 6.07) is 17.2. The zero-order valence-corrected chi connectivity index (χ0v) is 20.8. The summed E-state index contributed by atoms with van der Waals surface area (Å²) >= 11 is 1.50. The lowest BCUT2D eigenvalue weighted by Crippen LogP contribution is -2.46. The van der Waals surface area contributed by atoms with Crippen molar-refractivity contribution in [3.8, 4) is 5.75 Å². The van der Waals surface area contributed by atoms with E-state index in [1.54, 1.807) is 37.4 Å². The third-order valence-electron chi connectivity index (χ3n) is 6.32. The van der Waals surface area contributed by atoms with Crippen LogP contribution >= 0.6 is 11.3 Å². The molecule has 2 amide bonds. The first-order chi connectivity index (χ1) is 17.0. The molecule has 182 valence electrons. The highest BCUT2D eigenvalue weighted by molar-refractivity contribution is 7.10. The minimum Gasteiger partial charge on any atom is -0.497 e. The molecule has 1 fully saturated rings. The molecule has 1 N–H and O–H groups in total. The number of methoxy groups -OCH3 is 1. The van der Waals surface area contributed by atoms with Gasteiger partial charge in [0.25, 0.3) is 0 Å². The number of carbonyl (C=O) groups excluding carboxylic acids is 3. The molecule has 0 unspecified atom stereocenters. The van der Waals surface area contributed by atoms with Gasteiger partial charge in [0.1, 0.15) is 11.8 Å². The molecule has 3 aromatic rings. The Morgan fingerprint density at radius 3 is 2.51 bits per heavy atom. The first-order valence-corrected chi connectivity index (χ1v) is 12.7. The van der Waals surface area contributed by atoms with E-state index in [2.05, 4.69) is 5.32 Å². The molecule has 6 nitrogen and oxygen atoms in total. The van der Waals surface area contributed by atoms with Gasteiger partial charge in [0, 0.05) is 22.2 Å². The van der Waals surface area contributed by atoms with Crippen LogP contribution in [-0.2, 0) is 16.0 Å². The summed E-state index contributed by atoms with van der Waals surface area (Å²) < 4.78 is 5.42. The molecule has 0 bridgehead atoms. The quantitative estimate of drug-likeness (QED) is 0.411. The molecule has 0 aliphatic heterocycles. The van der Waals surface area contributed by atoms with Crippen molar-refractivity contribution in [2.24, 2.45) is 0 Å². The van der Waals surface area contributed by atoms with Crippen molar-refractivity contribution < 1.29 is 19.1 Å². The van der Waals surface area contributed by atoms with Gasteiger partial charge >= 0.3 is 0 Å². The number of anilines is 1. The zero-order chi connectivity index (χ0) is 24.8. The molecule has 7 heteroatoms. The van der Waals surface area contributed by atoms with E-state index in [0.717, 1.165) is 30.6 Å². The number of hydrogen-bond acceptors (Lipinski definition) is 5. The van der Waals surface area contributed by atoms with Gasteiger partial charge in [-0.1, -0.05) is 43.2 Å². The van der Waals surface area contributed by atoms with Crippen LogP contribution < -0.4 is 15.0 Å². The van der Waals surface area contributed by atoms with Crippen LogP contribution in [0.2, 0.25) is 0 Å². The Morgan fingerprint density at radius 2 is 1.83 bits per heavy atom. The smallest absolute Gasteiger partial charge is 0.248 e. The lowest BCUT2D eigenvalue weighted by molar-refractivity contribution is -0.127. The van der Waals surface area contributed by atoms with Gasteiger partial charge in [-0.25, -0.2) is 0 Å². The first-order valence-electron chi connectivity index (χ1n) is 11.9. The number of hydrogen-bond donors (Lipinski definition) is 1. The van der Waals surface area contributed by atoms with Gasteiger partial charge in [0.2, 0.25) is 11.8 Å². The largest absolute Gasteiger partial charge is 0.497 e. The van der Waals surface area contributed by atoms with E-state index in [9.17, 15) is 14.4 Å². The highest BCUT2D eigenvalue weighted by Crippen LogP contribution is 2.32. The van der Waals surface area contributed by atoms with Crippen molar-refractivity contribution in [1.29, 1.82) is 0 Å². The van der Waals surface area contributed by atoms with Gasteiger partial charge in [0.05, 0.1) is 13.5 Å². The molecule has 1 atom stereocenters. The number of thiophene rings is 1. The number of Topliss-reactive ketones (excluding diaryl/α,β-unsaturated/α-hetero) is 1. The number of ketones is 1. The second kappa shape index (κ2) is 11.3. The number of nitrogens with one attached hydrogen (secondary N) is 1. The number of carbonyl (C=O) groups is 3. The highest BCUT2D eigenvalue weighted by atomic mass is 32.1. The van der Waals surface area contributed by atoms with E-state index in [0.29, 0.717) is 22.6 Å². The van der Waals surface area contributed by atoms with Crippen molar-refractivity contribution in [3.05, 3.63) is 82.0 Å². The maximum atomic E-state index is 13.8. The third-order valence-corrected chi connectivity index (χ3v) is 7.20. The van der Waals surface area contributed by atoms with Gasteiger partial charge in [-0.05, 0) is 61.0 Å². The van der Waals surface area contributed by atoms with Gasteiger partial charge in [-0.15, -0.1) is 11.3 Å². The fourth-order valence-electron chi connectivity index (χ4n) is 4.54. The van der Waals surface area contributed by atoms with Gasteiger partial charge in [0.15, 0.2) is 5.78 Å². The predicted octanol–water partition coefficient (Wildman–Crippen LogP) is 5.34. The monoisotopic (exact) mass is 490 g/mol. The Hall–Kier alpha value is -3.45. The van der Waals surface area contributed by atoms with Crippen LogP contribution in [0.5, 0.6) is 5.75 Å². The predicted molar refractivity (Wildman–Crippen MR) is 138 cm³/mol. The van der Waals surface area contributed by atoms with E-state index >= 15 is 0 Å². The van der Waals surface area contributed by atoms with Gasteiger partial charge in [-0.3, -0.25) is 19.3 Å². The summed E-state index contributed by atoms with van der Waals surface area (Å²) in [6.07, 6.45) is 4.17. The van der Waals surface area contributed by atoms with Crippen molar-refractivity contribution in [1.82, 2.24) is 5.32 Å². The third kappa shape index (κ3) is 5.98. The Kier molecular flexibility index (Phi) is 7.98. The molecular formula is C28H30N2O4S. The van der Waals surface area contributed by atoms with E-state index in [1.807, 2.05) is 35.7 Å². The number of amides is 2. The second-order valence-electron chi connectivity index (χ2n) is 8.80. The summed E-state index contributed by atoms with van der Waals surface area (Å²) in [5, 5.41) is 5.10. The Morgan fingerprint density at radius 1 is 1.06 bits per heavy atom. The molecule has 1 heterocycles. The zero-order valence-electron chi connectivity index (χ0n) is 20.0. The van der Waals surface area contributed by atoms with Crippen LogP contribution in [0, 0.1) is 0 Å². The number of rotatable bonds is 9. The van der Waals surface area contributed by atoms with Crippen LogP contribution in [0.1, 0.15) is 59.4 Å². The number of benzene rings is 2. The molecule has 2 aromatic carbocycles. The second-order valence-corrected chi connectivity index (χ2v) is 9.83. The van der Waals surface area contributed by atoms with Crippen molar-refractivity contribution in [3.63, 3.8) is 0 Å². The highest BCUT2D eigenvalue weighted by Gasteiger charge is 2.34. The molecule has 35 heavy (non-hydrogen) atoms. The summed E-state index contributed by atoms with van der Waals surface area (Å²) in [4.78, 5) is 42.2.